The van der Waals surface area contributed by atoms with Crippen LogP contribution in [-0.2, 0) is 0 Å². The molecule has 0 radical (unpaired) electrons. The van der Waals surface area contributed by atoms with Crippen molar-refractivity contribution in [3.05, 3.63) is 31.4 Å². The first kappa shape index (κ1) is 13.7. The first-order valence-electron chi connectivity index (χ1n) is 5.50. The van der Waals surface area contributed by atoms with Crippen molar-refractivity contribution < 1.29 is 4.79 Å². The number of rotatable bonds is 3. The van der Waals surface area contributed by atoms with Crippen LogP contribution in [0.25, 0.3) is 0 Å². The third kappa shape index (κ3) is 2.99. The van der Waals surface area contributed by atoms with Crippen molar-refractivity contribution in [1.82, 2.24) is 4.98 Å². The number of nitrogens with zero attached hydrogens (tertiary/aromatic N) is 1. The zero-order chi connectivity index (χ0) is 13.3. The van der Waals surface area contributed by atoms with Gasteiger partial charge in [0.1, 0.15) is 0 Å². The number of nitrogens with one attached hydrogen (secondary N) is 1. The molecule has 0 aromatic carbocycles. The Labute approximate surface area is 122 Å². The average Bonchev–Trinajstić information content (AvgIpc) is 2.87. The molecule has 2 aromatic rings. The Morgan fingerprint density at radius 1 is 1.50 bits per heavy atom. The van der Waals surface area contributed by atoms with Crippen molar-refractivity contribution in [3.63, 3.8) is 0 Å². The van der Waals surface area contributed by atoms with E-state index in [-0.39, 0.29) is 5.91 Å². The predicted molar refractivity (Wildman–Crippen MR) is 80.9 cm³/mol. The number of halogens is 1. The molecule has 0 saturated carbocycles. The van der Waals surface area contributed by atoms with Crippen LogP contribution in [0.1, 0.15) is 40.7 Å². The molecule has 0 aliphatic rings. The number of hydrogen-bond acceptors (Lipinski definition) is 4. The number of carbonyl (C=O) groups excluding carboxylic acids is 1. The summed E-state index contributed by atoms with van der Waals surface area (Å²) >= 11 is 6.32. The van der Waals surface area contributed by atoms with E-state index in [1.54, 1.807) is 0 Å². The predicted octanol–water partition coefficient (Wildman–Crippen LogP) is 4.65. The third-order valence-corrected chi connectivity index (χ3v) is 5.33. The second kappa shape index (κ2) is 5.50. The molecule has 3 nitrogen and oxygen atoms in total. The summed E-state index contributed by atoms with van der Waals surface area (Å²) in [5.41, 5.74) is 2.09. The van der Waals surface area contributed by atoms with E-state index >= 15 is 0 Å². The molecule has 1 amide bonds. The monoisotopic (exact) mass is 344 g/mol. The highest BCUT2D eigenvalue weighted by Gasteiger charge is 2.13. The van der Waals surface area contributed by atoms with E-state index in [1.165, 1.54) is 22.7 Å². The molecule has 96 valence electrons. The van der Waals surface area contributed by atoms with Gasteiger partial charge in [-0.15, -0.1) is 22.7 Å². The number of aryl methyl sites for hydroxylation is 1. The van der Waals surface area contributed by atoms with E-state index in [4.69, 9.17) is 0 Å². The molecule has 1 N–H and O–H groups in total. The maximum Gasteiger partial charge on any atom is 0.267 e. The Bertz CT molecular complexity index is 555. The maximum atomic E-state index is 12.0. The lowest BCUT2D eigenvalue weighted by Crippen LogP contribution is -2.09. The van der Waals surface area contributed by atoms with Crippen LogP contribution >= 0.6 is 38.6 Å². The molecule has 0 atom stereocenters. The topological polar surface area (TPSA) is 42.0 Å². The first-order chi connectivity index (χ1) is 8.47. The summed E-state index contributed by atoms with van der Waals surface area (Å²) in [6, 6.07) is 1.88. The number of thiophene rings is 1. The molecule has 18 heavy (non-hydrogen) atoms. The molecule has 0 saturated heterocycles. The lowest BCUT2D eigenvalue weighted by molar-refractivity contribution is 0.103. The van der Waals surface area contributed by atoms with E-state index in [2.05, 4.69) is 40.1 Å². The van der Waals surface area contributed by atoms with Crippen molar-refractivity contribution in [2.45, 2.75) is 26.7 Å². The van der Waals surface area contributed by atoms with Gasteiger partial charge >= 0.3 is 0 Å². The summed E-state index contributed by atoms with van der Waals surface area (Å²) in [7, 11) is 0. The van der Waals surface area contributed by atoms with Gasteiger partial charge in [-0.2, -0.15) is 0 Å². The number of thiazole rings is 1. The Kier molecular flexibility index (Phi) is 4.19. The van der Waals surface area contributed by atoms with Gasteiger partial charge in [0, 0.05) is 5.38 Å². The van der Waals surface area contributed by atoms with Gasteiger partial charge in [0.25, 0.3) is 5.91 Å². The van der Waals surface area contributed by atoms with Crippen LogP contribution in [0, 0.1) is 6.92 Å². The van der Waals surface area contributed by atoms with Gasteiger partial charge in [-0.25, -0.2) is 4.98 Å². The summed E-state index contributed by atoms with van der Waals surface area (Å²) in [6.07, 6.45) is 0. The molecule has 0 aliphatic heterocycles. The lowest BCUT2D eigenvalue weighted by atomic mass is 10.2. The number of anilines is 1. The van der Waals surface area contributed by atoms with Gasteiger partial charge in [0.2, 0.25) is 0 Å². The van der Waals surface area contributed by atoms with Gasteiger partial charge in [-0.3, -0.25) is 10.1 Å². The van der Waals surface area contributed by atoms with E-state index in [1.807, 2.05) is 18.4 Å². The molecule has 0 fully saturated rings. The standard InChI is InChI=1S/C12H13BrN2OS2/c1-6(2)8-5-17-12(14-8)15-11(16)9-4-7(3)10(13)18-9/h4-6H,1-3H3,(H,14,15,16). The average molecular weight is 345 g/mol. The SMILES string of the molecule is Cc1cc(C(=O)Nc2nc(C(C)C)cs2)sc1Br. The van der Waals surface area contributed by atoms with Gasteiger partial charge in [-0.05, 0) is 40.4 Å². The first-order valence-corrected chi connectivity index (χ1v) is 7.99. The lowest BCUT2D eigenvalue weighted by Gasteiger charge is -1.99. The molecular weight excluding hydrogens is 332 g/mol. The highest BCUT2D eigenvalue weighted by molar-refractivity contribution is 9.11. The van der Waals surface area contributed by atoms with Gasteiger partial charge in [0.15, 0.2) is 5.13 Å². The fraction of sp³-hybridized carbons (Fsp3) is 0.333. The van der Waals surface area contributed by atoms with E-state index in [0.717, 1.165) is 15.0 Å². The fourth-order valence-corrected chi connectivity index (χ4v) is 3.64. The quantitative estimate of drug-likeness (QED) is 0.880. The minimum Gasteiger partial charge on any atom is -0.297 e. The van der Waals surface area contributed by atoms with Crippen molar-refractivity contribution in [2.24, 2.45) is 0 Å². The van der Waals surface area contributed by atoms with Crippen LogP contribution in [-0.4, -0.2) is 10.9 Å². The highest BCUT2D eigenvalue weighted by Crippen LogP contribution is 2.28. The minimum atomic E-state index is -0.0987. The Morgan fingerprint density at radius 3 is 2.72 bits per heavy atom. The molecule has 0 bridgehead atoms. The Balaban J connectivity index is 2.11. The zero-order valence-electron chi connectivity index (χ0n) is 10.3. The molecule has 2 rings (SSSR count). The van der Waals surface area contributed by atoms with Crippen molar-refractivity contribution in [1.29, 1.82) is 0 Å². The van der Waals surface area contributed by atoms with Crippen molar-refractivity contribution >= 4 is 49.6 Å². The third-order valence-electron chi connectivity index (χ3n) is 2.41. The second-order valence-corrected chi connectivity index (χ2v) is 7.48. The van der Waals surface area contributed by atoms with Gasteiger partial charge in [0.05, 0.1) is 14.4 Å². The Morgan fingerprint density at radius 2 is 2.22 bits per heavy atom. The normalized spacial score (nSPS) is 10.9. The van der Waals surface area contributed by atoms with Crippen LogP contribution in [0.2, 0.25) is 0 Å². The Hall–Kier alpha value is -0.720. The van der Waals surface area contributed by atoms with Crippen LogP contribution in [0.5, 0.6) is 0 Å². The molecular formula is C12H13BrN2OS2. The van der Waals surface area contributed by atoms with Crippen LogP contribution in [0.3, 0.4) is 0 Å². The zero-order valence-corrected chi connectivity index (χ0v) is 13.5. The van der Waals surface area contributed by atoms with Crippen LogP contribution in [0.15, 0.2) is 15.2 Å². The van der Waals surface area contributed by atoms with Gasteiger partial charge in [-0.1, -0.05) is 13.8 Å². The summed E-state index contributed by atoms with van der Waals surface area (Å²) < 4.78 is 0.995. The molecule has 0 unspecified atom stereocenters. The highest BCUT2D eigenvalue weighted by atomic mass is 79.9. The van der Waals surface area contributed by atoms with Crippen molar-refractivity contribution in [2.75, 3.05) is 5.32 Å². The van der Waals surface area contributed by atoms with E-state index in [0.29, 0.717) is 15.9 Å². The fourth-order valence-electron chi connectivity index (χ4n) is 1.34. The number of hydrogen-bond donors (Lipinski definition) is 1. The molecule has 6 heteroatoms. The number of aromatic nitrogens is 1. The number of amides is 1. The molecule has 2 heterocycles. The smallest absolute Gasteiger partial charge is 0.267 e. The summed E-state index contributed by atoms with van der Waals surface area (Å²) in [4.78, 5) is 17.1. The van der Waals surface area contributed by atoms with E-state index < -0.39 is 0 Å². The second-order valence-electron chi connectivity index (χ2n) is 4.25. The van der Waals surface area contributed by atoms with Crippen LogP contribution < -0.4 is 5.32 Å². The maximum absolute atomic E-state index is 12.0. The van der Waals surface area contributed by atoms with Crippen LogP contribution in [0.4, 0.5) is 5.13 Å². The molecule has 0 aliphatic carbocycles. The summed E-state index contributed by atoms with van der Waals surface area (Å²) in [5, 5.41) is 5.47. The minimum absolute atomic E-state index is 0.0987. The van der Waals surface area contributed by atoms with Gasteiger partial charge < -0.3 is 0 Å². The van der Waals surface area contributed by atoms with E-state index in [9.17, 15) is 4.79 Å². The molecule has 0 spiro atoms. The summed E-state index contributed by atoms with van der Waals surface area (Å²) in [6.45, 7) is 6.14. The summed E-state index contributed by atoms with van der Waals surface area (Å²) in [5.74, 6) is 0.281. The number of carbonyl (C=O) groups is 1. The van der Waals surface area contributed by atoms with Crippen molar-refractivity contribution in [3.8, 4) is 0 Å². The molecule has 2 aromatic heterocycles. The largest absolute Gasteiger partial charge is 0.297 e.